The zero-order valence-corrected chi connectivity index (χ0v) is 13.0. The first kappa shape index (κ1) is 14.3. The fourth-order valence-electron chi connectivity index (χ4n) is 2.69. The van der Waals surface area contributed by atoms with Gasteiger partial charge in [-0.15, -0.1) is 11.3 Å². The van der Waals surface area contributed by atoms with E-state index in [1.807, 2.05) is 24.4 Å². The zero-order chi connectivity index (χ0) is 14.8. The fourth-order valence-corrected chi connectivity index (χ4v) is 3.34. The van der Waals surface area contributed by atoms with Crippen molar-refractivity contribution in [2.75, 3.05) is 13.7 Å². The molecule has 1 atom stereocenters. The molecule has 5 nitrogen and oxygen atoms in total. The second-order valence-electron chi connectivity index (χ2n) is 5.15. The van der Waals surface area contributed by atoms with Crippen LogP contribution in [0.15, 0.2) is 21.9 Å². The maximum atomic E-state index is 11.8. The number of hydrogen-bond donors (Lipinski definition) is 0. The Bertz CT molecular complexity index is 621. The minimum Gasteiger partial charge on any atom is -0.468 e. The summed E-state index contributed by atoms with van der Waals surface area (Å²) in [6.45, 7) is 3.43. The highest BCUT2D eigenvalue weighted by Gasteiger charge is 2.32. The lowest BCUT2D eigenvalue weighted by Gasteiger charge is -2.21. The SMILES string of the molecule is COC(=O)C1CCCN1Cc1nc(-c2cccs2)oc1C. The highest BCUT2D eigenvalue weighted by Crippen LogP contribution is 2.28. The molecule has 0 spiro atoms. The maximum absolute atomic E-state index is 11.8. The van der Waals surface area contributed by atoms with E-state index in [1.54, 1.807) is 11.3 Å². The Labute approximate surface area is 127 Å². The van der Waals surface area contributed by atoms with Crippen LogP contribution in [0.25, 0.3) is 10.8 Å². The van der Waals surface area contributed by atoms with Crippen LogP contribution in [0, 0.1) is 6.92 Å². The Morgan fingerprint density at radius 3 is 3.19 bits per heavy atom. The molecule has 1 aliphatic rings. The average Bonchev–Trinajstić information content (AvgIpc) is 3.20. The Kier molecular flexibility index (Phi) is 4.07. The average molecular weight is 306 g/mol. The van der Waals surface area contributed by atoms with Crippen molar-refractivity contribution < 1.29 is 13.9 Å². The van der Waals surface area contributed by atoms with E-state index in [9.17, 15) is 4.79 Å². The Balaban J connectivity index is 1.77. The number of ether oxygens (including phenoxy) is 1. The number of methoxy groups -OCH3 is 1. The smallest absolute Gasteiger partial charge is 0.323 e. The molecule has 2 aromatic heterocycles. The van der Waals surface area contributed by atoms with Gasteiger partial charge in [-0.05, 0) is 37.8 Å². The molecule has 0 aromatic carbocycles. The van der Waals surface area contributed by atoms with Crippen LogP contribution in [-0.2, 0) is 16.1 Å². The largest absolute Gasteiger partial charge is 0.468 e. The van der Waals surface area contributed by atoms with Crippen molar-refractivity contribution in [3.63, 3.8) is 0 Å². The highest BCUT2D eigenvalue weighted by molar-refractivity contribution is 7.13. The van der Waals surface area contributed by atoms with Gasteiger partial charge in [-0.1, -0.05) is 6.07 Å². The van der Waals surface area contributed by atoms with Crippen LogP contribution in [0.1, 0.15) is 24.3 Å². The second-order valence-corrected chi connectivity index (χ2v) is 6.10. The molecule has 0 aliphatic carbocycles. The Hall–Kier alpha value is -1.66. The van der Waals surface area contributed by atoms with Gasteiger partial charge in [0, 0.05) is 6.54 Å². The highest BCUT2D eigenvalue weighted by atomic mass is 32.1. The summed E-state index contributed by atoms with van der Waals surface area (Å²) >= 11 is 1.61. The van der Waals surface area contributed by atoms with Crippen molar-refractivity contribution in [1.29, 1.82) is 0 Å². The molecule has 3 rings (SSSR count). The summed E-state index contributed by atoms with van der Waals surface area (Å²) in [6.07, 6.45) is 1.86. The summed E-state index contributed by atoms with van der Waals surface area (Å²) in [6, 6.07) is 3.82. The van der Waals surface area contributed by atoms with Gasteiger partial charge in [-0.25, -0.2) is 4.98 Å². The quantitative estimate of drug-likeness (QED) is 0.813. The van der Waals surface area contributed by atoms with Crippen LogP contribution in [0.5, 0.6) is 0 Å². The van der Waals surface area contributed by atoms with Crippen molar-refractivity contribution in [2.24, 2.45) is 0 Å². The Morgan fingerprint density at radius 1 is 1.62 bits per heavy atom. The number of likely N-dealkylation sites (tertiary alicyclic amines) is 1. The molecule has 1 fully saturated rings. The van der Waals surface area contributed by atoms with Gasteiger partial charge in [0.2, 0.25) is 5.89 Å². The summed E-state index contributed by atoms with van der Waals surface area (Å²) < 4.78 is 10.6. The molecular formula is C15H18N2O3S. The van der Waals surface area contributed by atoms with Gasteiger partial charge in [0.1, 0.15) is 11.8 Å². The van der Waals surface area contributed by atoms with Crippen LogP contribution < -0.4 is 0 Å². The van der Waals surface area contributed by atoms with E-state index in [2.05, 4.69) is 9.88 Å². The van der Waals surface area contributed by atoms with E-state index in [1.165, 1.54) is 7.11 Å². The normalized spacial score (nSPS) is 19.0. The number of aryl methyl sites for hydroxylation is 1. The lowest BCUT2D eigenvalue weighted by Crippen LogP contribution is -2.36. The van der Waals surface area contributed by atoms with Crippen LogP contribution >= 0.6 is 11.3 Å². The minimum absolute atomic E-state index is 0.156. The van der Waals surface area contributed by atoms with Crippen molar-refractivity contribution >= 4 is 17.3 Å². The Morgan fingerprint density at radius 2 is 2.48 bits per heavy atom. The number of aromatic nitrogens is 1. The predicted octanol–water partition coefficient (Wildman–Crippen LogP) is 2.85. The maximum Gasteiger partial charge on any atom is 0.323 e. The van der Waals surface area contributed by atoms with Crippen LogP contribution in [0.2, 0.25) is 0 Å². The van der Waals surface area contributed by atoms with E-state index in [4.69, 9.17) is 9.15 Å². The molecule has 0 saturated carbocycles. The number of carbonyl (C=O) groups excluding carboxylic acids is 1. The van der Waals surface area contributed by atoms with Gasteiger partial charge in [0.05, 0.1) is 17.7 Å². The van der Waals surface area contributed by atoms with Crippen molar-refractivity contribution in [1.82, 2.24) is 9.88 Å². The molecular weight excluding hydrogens is 288 g/mol. The number of esters is 1. The van der Waals surface area contributed by atoms with Crippen LogP contribution in [0.4, 0.5) is 0 Å². The van der Waals surface area contributed by atoms with Gasteiger partial charge in [0.25, 0.3) is 0 Å². The lowest BCUT2D eigenvalue weighted by atomic mass is 10.2. The molecule has 21 heavy (non-hydrogen) atoms. The fraction of sp³-hybridized carbons (Fsp3) is 0.467. The number of rotatable bonds is 4. The van der Waals surface area contributed by atoms with Gasteiger partial charge in [0.15, 0.2) is 0 Å². The molecule has 0 N–H and O–H groups in total. The third kappa shape index (κ3) is 2.87. The first-order valence-electron chi connectivity index (χ1n) is 7.01. The number of oxazole rings is 1. The molecule has 1 saturated heterocycles. The third-order valence-electron chi connectivity index (χ3n) is 3.81. The summed E-state index contributed by atoms with van der Waals surface area (Å²) in [4.78, 5) is 19.5. The van der Waals surface area contributed by atoms with E-state index < -0.39 is 0 Å². The van der Waals surface area contributed by atoms with Crippen molar-refractivity contribution in [3.8, 4) is 10.8 Å². The number of carbonyl (C=O) groups is 1. The van der Waals surface area contributed by atoms with E-state index in [-0.39, 0.29) is 12.0 Å². The molecule has 3 heterocycles. The third-order valence-corrected chi connectivity index (χ3v) is 4.67. The summed E-state index contributed by atoms with van der Waals surface area (Å²) in [7, 11) is 1.44. The summed E-state index contributed by atoms with van der Waals surface area (Å²) in [5.74, 6) is 1.31. The van der Waals surface area contributed by atoms with Gasteiger partial charge < -0.3 is 9.15 Å². The van der Waals surface area contributed by atoms with Crippen LogP contribution in [0.3, 0.4) is 0 Å². The monoisotopic (exact) mass is 306 g/mol. The first-order chi connectivity index (χ1) is 10.2. The van der Waals surface area contributed by atoms with Crippen LogP contribution in [-0.4, -0.2) is 35.5 Å². The van der Waals surface area contributed by atoms with Crippen molar-refractivity contribution in [3.05, 3.63) is 29.0 Å². The van der Waals surface area contributed by atoms with E-state index >= 15 is 0 Å². The molecule has 0 radical (unpaired) electrons. The molecule has 112 valence electrons. The lowest BCUT2D eigenvalue weighted by molar-refractivity contribution is -0.146. The predicted molar refractivity (Wildman–Crippen MR) is 80.0 cm³/mol. The molecule has 2 aromatic rings. The molecule has 0 bridgehead atoms. The zero-order valence-electron chi connectivity index (χ0n) is 12.2. The minimum atomic E-state index is -0.160. The molecule has 0 amide bonds. The van der Waals surface area contributed by atoms with Crippen molar-refractivity contribution in [2.45, 2.75) is 32.4 Å². The number of nitrogens with zero attached hydrogens (tertiary/aromatic N) is 2. The second kappa shape index (κ2) is 5.99. The number of thiophene rings is 1. The molecule has 1 aliphatic heterocycles. The standard InChI is InChI=1S/C15H18N2O3S/c1-10-11(16-14(20-10)13-6-4-8-21-13)9-17-7-3-5-12(17)15(18)19-2/h4,6,8,12H,3,5,7,9H2,1-2H3. The van der Waals surface area contributed by atoms with Gasteiger partial charge in [-0.2, -0.15) is 0 Å². The first-order valence-corrected chi connectivity index (χ1v) is 7.89. The molecule has 1 unspecified atom stereocenters. The molecule has 6 heteroatoms. The van der Waals surface area contributed by atoms with Gasteiger partial charge in [-0.3, -0.25) is 9.69 Å². The van der Waals surface area contributed by atoms with E-state index in [0.717, 1.165) is 35.7 Å². The van der Waals surface area contributed by atoms with E-state index in [0.29, 0.717) is 12.4 Å². The summed E-state index contributed by atoms with van der Waals surface area (Å²) in [5, 5.41) is 2.00. The topological polar surface area (TPSA) is 55.6 Å². The van der Waals surface area contributed by atoms with Gasteiger partial charge >= 0.3 is 5.97 Å². The number of hydrogen-bond acceptors (Lipinski definition) is 6. The summed E-state index contributed by atoms with van der Waals surface area (Å²) in [5.41, 5.74) is 0.897.